The van der Waals surface area contributed by atoms with Gasteiger partial charge in [-0.3, -0.25) is 0 Å². The number of hydrogen-bond donors (Lipinski definition) is 2. The summed E-state index contributed by atoms with van der Waals surface area (Å²) < 4.78 is 24.7. The average Bonchev–Trinajstić information content (AvgIpc) is 3.36. The molecule has 0 fully saturated rings. The number of ether oxygens (including phenoxy) is 4. The molecule has 4 unspecified atom stereocenters. The van der Waals surface area contributed by atoms with Crippen molar-refractivity contribution >= 4 is 15.9 Å². The molecule has 0 bridgehead atoms. The van der Waals surface area contributed by atoms with Crippen molar-refractivity contribution in [1.29, 1.82) is 0 Å². The maximum absolute atomic E-state index is 10.0. The minimum absolute atomic E-state index is 0.0110. The predicted molar refractivity (Wildman–Crippen MR) is 168 cm³/mol. The molecule has 2 aromatic rings. The summed E-state index contributed by atoms with van der Waals surface area (Å²) in [5, 5.41) is 20.0. The van der Waals surface area contributed by atoms with Crippen molar-refractivity contribution in [3.8, 4) is 23.0 Å². The Labute approximate surface area is 262 Å². The second kappa shape index (κ2) is 10.8. The number of nitrogens with zero attached hydrogens (tertiary/aromatic N) is 2. The molecule has 2 aliphatic carbocycles. The van der Waals surface area contributed by atoms with Crippen LogP contribution in [0.2, 0.25) is 0 Å². The maximum atomic E-state index is 10.0. The predicted octanol–water partition coefficient (Wildman–Crippen LogP) is 3.77. The van der Waals surface area contributed by atoms with Gasteiger partial charge in [-0.05, 0) is 50.2 Å². The van der Waals surface area contributed by atoms with Crippen molar-refractivity contribution in [2.24, 2.45) is 0 Å². The summed E-state index contributed by atoms with van der Waals surface area (Å²) in [6.45, 7) is 3.89. The number of benzene rings is 2. The van der Waals surface area contributed by atoms with Gasteiger partial charge in [0.15, 0.2) is 23.0 Å². The zero-order chi connectivity index (χ0) is 30.1. The van der Waals surface area contributed by atoms with Gasteiger partial charge >= 0.3 is 0 Å². The van der Waals surface area contributed by atoms with Crippen LogP contribution < -0.4 is 18.9 Å². The van der Waals surface area contributed by atoms with E-state index >= 15 is 0 Å². The molecule has 2 N–H and O–H groups in total. The second-order valence-electron chi connectivity index (χ2n) is 13.0. The highest BCUT2D eigenvalue weighted by Crippen LogP contribution is 2.56. The number of rotatable bonds is 2. The Hall–Kier alpha value is -2.56. The van der Waals surface area contributed by atoms with E-state index in [9.17, 15) is 10.2 Å². The van der Waals surface area contributed by atoms with E-state index in [1.807, 2.05) is 24.3 Å². The molecule has 2 spiro atoms. The molecule has 0 saturated carbocycles. The van der Waals surface area contributed by atoms with Crippen LogP contribution in [0.15, 0.2) is 47.0 Å². The van der Waals surface area contributed by atoms with Crippen LogP contribution in [-0.2, 0) is 23.7 Å². The minimum Gasteiger partial charge on any atom is -0.493 e. The number of hydrogen-bond acceptors (Lipinski definition) is 8. The Kier molecular flexibility index (Phi) is 7.33. The SMILES string of the molecule is COc1cc(Br)c2c3c1OC1C[C@@H](O)C=CC31CN(C)CC2.COc1ccc2c3c1OC1C[C@@H](O)C=CC31CN(C)CC2. The molecular formula is C34H41BrN2O6. The number of aliphatic hydroxyl groups excluding tert-OH is 2. The number of aliphatic hydroxyl groups is 2. The van der Waals surface area contributed by atoms with Gasteiger partial charge in [0, 0.05) is 54.6 Å². The van der Waals surface area contributed by atoms with E-state index in [4.69, 9.17) is 18.9 Å². The van der Waals surface area contributed by atoms with E-state index in [2.05, 4.69) is 58.0 Å². The van der Waals surface area contributed by atoms with E-state index in [0.717, 1.165) is 66.5 Å². The lowest BCUT2D eigenvalue weighted by Gasteiger charge is -2.37. The highest BCUT2D eigenvalue weighted by atomic mass is 79.9. The molecule has 4 heterocycles. The topological polar surface area (TPSA) is 83.9 Å². The summed E-state index contributed by atoms with van der Waals surface area (Å²) >= 11 is 3.72. The molecule has 6 aliphatic rings. The summed E-state index contributed by atoms with van der Waals surface area (Å²) in [5.41, 5.74) is 4.84. The fraction of sp³-hybridized carbons (Fsp3) is 0.529. The van der Waals surface area contributed by atoms with Crippen LogP contribution in [0, 0.1) is 0 Å². The third-order valence-electron chi connectivity index (χ3n) is 10.3. The molecule has 9 heteroatoms. The Balaban J connectivity index is 0.000000140. The first-order valence-corrected chi connectivity index (χ1v) is 16.0. The van der Waals surface area contributed by atoms with Gasteiger partial charge < -0.3 is 39.0 Å². The molecule has 0 aromatic heterocycles. The summed E-state index contributed by atoms with van der Waals surface area (Å²) in [5.74, 6) is 3.32. The van der Waals surface area contributed by atoms with Gasteiger partial charge in [0.25, 0.3) is 0 Å². The smallest absolute Gasteiger partial charge is 0.166 e. The molecule has 8 nitrogen and oxygen atoms in total. The van der Waals surface area contributed by atoms with Crippen LogP contribution in [0.1, 0.15) is 35.1 Å². The third-order valence-corrected chi connectivity index (χ3v) is 11.0. The van der Waals surface area contributed by atoms with Crippen LogP contribution in [-0.4, -0.2) is 98.9 Å². The first-order chi connectivity index (χ1) is 20.7. The zero-order valence-corrected chi connectivity index (χ0v) is 26.9. The lowest BCUT2D eigenvalue weighted by Crippen LogP contribution is -2.48. The number of likely N-dealkylation sites (N-methyl/N-ethyl adjacent to an activating group) is 2. The van der Waals surface area contributed by atoms with Gasteiger partial charge in [0.2, 0.25) is 0 Å². The zero-order valence-electron chi connectivity index (χ0n) is 25.3. The van der Waals surface area contributed by atoms with Gasteiger partial charge in [-0.15, -0.1) is 0 Å². The molecule has 2 aromatic carbocycles. The molecule has 43 heavy (non-hydrogen) atoms. The van der Waals surface area contributed by atoms with Gasteiger partial charge in [-0.1, -0.05) is 46.3 Å². The van der Waals surface area contributed by atoms with Gasteiger partial charge in [-0.2, -0.15) is 0 Å². The molecule has 4 aliphatic heterocycles. The van der Waals surface area contributed by atoms with E-state index in [1.54, 1.807) is 14.2 Å². The van der Waals surface area contributed by atoms with Crippen molar-refractivity contribution in [3.05, 3.63) is 69.2 Å². The monoisotopic (exact) mass is 652 g/mol. The van der Waals surface area contributed by atoms with Crippen LogP contribution in [0.4, 0.5) is 0 Å². The summed E-state index contributed by atoms with van der Waals surface area (Å²) in [6, 6.07) is 6.18. The summed E-state index contributed by atoms with van der Waals surface area (Å²) in [6.07, 6.45) is 10.6. The van der Waals surface area contributed by atoms with E-state index in [1.165, 1.54) is 22.3 Å². The maximum Gasteiger partial charge on any atom is 0.166 e. The Bertz CT molecular complexity index is 1490. The standard InChI is InChI=1S/C17H20BrNO3.C17H21NO3/c1-19-6-4-11-12(18)8-13(21-2)16-15(11)17(9-19)5-3-10(20)7-14(17)22-16;1-18-8-6-11-3-4-13(20-2)16-15(11)17(10-18)7-5-12(19)9-14(17)21-16/h3,5,8,10,14,20H,4,6-7,9H2,1-2H3;3-5,7,12,14,19H,6,8-10H2,1-2H3/t10-,14?,17?;12-,14?,17?/m00/s1. The molecule has 0 amide bonds. The lowest BCUT2D eigenvalue weighted by molar-refractivity contribution is 0.0755. The fourth-order valence-electron chi connectivity index (χ4n) is 8.26. The Morgan fingerprint density at radius 1 is 0.814 bits per heavy atom. The van der Waals surface area contributed by atoms with Crippen molar-refractivity contribution in [2.45, 2.75) is 60.9 Å². The van der Waals surface area contributed by atoms with Crippen molar-refractivity contribution in [3.63, 3.8) is 0 Å². The van der Waals surface area contributed by atoms with Crippen molar-refractivity contribution in [2.75, 3.05) is 54.5 Å². The van der Waals surface area contributed by atoms with E-state index in [-0.39, 0.29) is 23.0 Å². The minimum atomic E-state index is -0.434. The fourth-order valence-corrected chi connectivity index (χ4v) is 8.87. The second-order valence-corrected chi connectivity index (χ2v) is 13.8. The van der Waals surface area contributed by atoms with Crippen molar-refractivity contribution in [1.82, 2.24) is 9.80 Å². The van der Waals surface area contributed by atoms with Crippen LogP contribution in [0.3, 0.4) is 0 Å². The highest BCUT2D eigenvalue weighted by molar-refractivity contribution is 9.10. The normalized spacial score (nSPS) is 33.4. The van der Waals surface area contributed by atoms with Crippen LogP contribution in [0.5, 0.6) is 23.0 Å². The number of methoxy groups -OCH3 is 2. The van der Waals surface area contributed by atoms with Gasteiger partial charge in [0.1, 0.15) is 12.2 Å². The molecule has 6 atom stereocenters. The Morgan fingerprint density at radius 2 is 1.37 bits per heavy atom. The van der Waals surface area contributed by atoms with E-state index < -0.39 is 12.2 Å². The lowest BCUT2D eigenvalue weighted by atomic mass is 9.70. The van der Waals surface area contributed by atoms with Crippen LogP contribution in [0.25, 0.3) is 0 Å². The van der Waals surface area contributed by atoms with Gasteiger partial charge in [0.05, 0.1) is 37.3 Å². The third kappa shape index (κ3) is 4.53. The molecule has 0 radical (unpaired) electrons. The van der Waals surface area contributed by atoms with Gasteiger partial charge in [-0.25, -0.2) is 0 Å². The van der Waals surface area contributed by atoms with E-state index in [0.29, 0.717) is 12.8 Å². The summed E-state index contributed by atoms with van der Waals surface area (Å²) in [7, 11) is 7.67. The number of halogens is 1. The molecule has 0 saturated heterocycles. The Morgan fingerprint density at radius 3 is 1.98 bits per heavy atom. The highest BCUT2D eigenvalue weighted by Gasteiger charge is 2.54. The largest absolute Gasteiger partial charge is 0.493 e. The molecular weight excluding hydrogens is 612 g/mol. The van der Waals surface area contributed by atoms with Crippen molar-refractivity contribution < 1.29 is 29.2 Å². The summed E-state index contributed by atoms with van der Waals surface area (Å²) in [4.78, 5) is 4.71. The first-order valence-electron chi connectivity index (χ1n) is 15.2. The average molecular weight is 654 g/mol. The molecule has 230 valence electrons. The van der Waals surface area contributed by atoms with Crippen LogP contribution >= 0.6 is 15.9 Å². The quantitative estimate of drug-likeness (QED) is 0.475. The first kappa shape index (κ1) is 29.2. The molecule has 8 rings (SSSR count).